The van der Waals surface area contributed by atoms with Crippen LogP contribution in [0.3, 0.4) is 0 Å². The quantitative estimate of drug-likeness (QED) is 0.441. The maximum Gasteiger partial charge on any atom is 0.353 e. The number of hydrogen-bond donors (Lipinski definition) is 3. The van der Waals surface area contributed by atoms with Gasteiger partial charge in [0.2, 0.25) is 0 Å². The van der Waals surface area contributed by atoms with Gasteiger partial charge in [-0.1, -0.05) is 12.2 Å². The molecule has 0 aliphatic carbocycles. The molecule has 0 aromatic carbocycles. The minimum Gasteiger partial charge on any atom is -0.477 e. The molecule has 0 atom stereocenters. The van der Waals surface area contributed by atoms with Crippen molar-refractivity contribution in [1.82, 2.24) is 9.19 Å². The molecule has 0 saturated heterocycles. The predicted molar refractivity (Wildman–Crippen MR) is 41.0 cm³/mol. The highest BCUT2D eigenvalue weighted by Crippen LogP contribution is 1.99. The number of hydrogen-bond acceptors (Lipinski definition) is 3. The molecule has 0 unspecified atom stereocenters. The molecule has 10 heavy (non-hydrogen) atoms. The fourth-order valence-corrected chi connectivity index (χ4v) is 0.825. The van der Waals surface area contributed by atoms with Gasteiger partial charge in [-0.15, -0.1) is 0 Å². The first-order chi connectivity index (χ1) is 4.61. The molecule has 0 radical (unpaired) electrons. The van der Waals surface area contributed by atoms with Crippen molar-refractivity contribution in [2.75, 3.05) is 0 Å². The number of nitrogens with one attached hydrogen (secondary N) is 1. The van der Waals surface area contributed by atoms with Crippen LogP contribution in [0.1, 0.15) is 10.5 Å². The van der Waals surface area contributed by atoms with Gasteiger partial charge in [0.1, 0.15) is 10.3 Å². The van der Waals surface area contributed by atoms with Crippen LogP contribution < -0.4 is 0 Å². The smallest absolute Gasteiger partial charge is 0.353 e. The summed E-state index contributed by atoms with van der Waals surface area (Å²) >= 11 is 8.49. The van der Waals surface area contributed by atoms with Crippen molar-refractivity contribution >= 4 is 31.0 Å². The van der Waals surface area contributed by atoms with E-state index in [0.29, 0.717) is 4.64 Å². The van der Waals surface area contributed by atoms with Crippen molar-refractivity contribution in [1.29, 1.82) is 0 Å². The Kier molecular flexibility index (Phi) is 1.82. The molecular weight excluding hydrogens is 172 g/mol. The van der Waals surface area contributed by atoms with E-state index in [2.05, 4.69) is 30.1 Å². The normalized spacial score (nSPS) is 9.70. The van der Waals surface area contributed by atoms with Crippen molar-refractivity contribution in [2.45, 2.75) is 0 Å². The number of carbonyl (C=O) groups is 1. The van der Waals surface area contributed by atoms with Gasteiger partial charge in [-0.2, -0.15) is 0 Å². The van der Waals surface area contributed by atoms with E-state index in [1.807, 2.05) is 0 Å². The molecule has 2 N–H and O–H groups in total. The van der Waals surface area contributed by atoms with E-state index in [1.165, 1.54) is 10.2 Å². The number of H-pyrrole nitrogens is 1. The first kappa shape index (κ1) is 7.36. The summed E-state index contributed by atoms with van der Waals surface area (Å²) in [7, 11) is 0. The predicted octanol–water partition coefficient (Wildman–Crippen LogP) is 0.937. The summed E-state index contributed by atoms with van der Waals surface area (Å²) in [5.74, 6) is -1.04. The van der Waals surface area contributed by atoms with Crippen LogP contribution in [0.15, 0.2) is 6.07 Å². The molecular formula is C4H4N2O2S2. The zero-order valence-corrected chi connectivity index (χ0v) is 6.45. The van der Waals surface area contributed by atoms with Gasteiger partial charge in [0, 0.05) is 6.07 Å². The lowest BCUT2D eigenvalue weighted by atomic mass is 10.5. The zero-order chi connectivity index (χ0) is 7.72. The first-order valence-electron chi connectivity index (χ1n) is 2.36. The summed E-state index contributed by atoms with van der Waals surface area (Å²) in [6.07, 6.45) is 0. The molecule has 1 heterocycles. The monoisotopic (exact) mass is 176 g/mol. The summed E-state index contributed by atoms with van der Waals surface area (Å²) in [6.45, 7) is 0. The fraction of sp³-hybridized carbons (Fsp3) is 0. The first-order valence-corrected chi connectivity index (χ1v) is 3.16. The maximum absolute atomic E-state index is 10.2. The second kappa shape index (κ2) is 2.47. The van der Waals surface area contributed by atoms with Crippen molar-refractivity contribution in [2.24, 2.45) is 0 Å². The van der Waals surface area contributed by atoms with Gasteiger partial charge in [0.15, 0.2) is 0 Å². The summed E-state index contributed by atoms with van der Waals surface area (Å²) in [4.78, 5) is 10.2. The van der Waals surface area contributed by atoms with E-state index in [4.69, 9.17) is 5.11 Å². The average Bonchev–Trinajstić information content (AvgIpc) is 2.13. The highest BCUT2D eigenvalue weighted by molar-refractivity contribution is 7.79. The number of nitrogens with zero attached hydrogens (tertiary/aromatic N) is 1. The van der Waals surface area contributed by atoms with Crippen LogP contribution in [0.2, 0.25) is 0 Å². The number of rotatable bonds is 1. The molecule has 54 valence electrons. The molecule has 0 spiro atoms. The van der Waals surface area contributed by atoms with Gasteiger partial charge in [-0.25, -0.2) is 8.88 Å². The van der Waals surface area contributed by atoms with E-state index >= 15 is 0 Å². The molecule has 0 fully saturated rings. The fourth-order valence-electron chi connectivity index (χ4n) is 0.496. The third kappa shape index (κ3) is 1.22. The number of aromatic carboxylic acids is 1. The molecule has 6 heteroatoms. The van der Waals surface area contributed by atoms with Crippen LogP contribution in [-0.2, 0) is 0 Å². The summed E-state index contributed by atoms with van der Waals surface area (Å²) in [6, 6.07) is 1.32. The second-order valence-electron chi connectivity index (χ2n) is 1.63. The minimum atomic E-state index is -1.04. The van der Waals surface area contributed by atoms with Crippen molar-refractivity contribution in [3.05, 3.63) is 16.4 Å². The minimum absolute atomic E-state index is 0.0417. The van der Waals surface area contributed by atoms with Crippen molar-refractivity contribution in [3.63, 3.8) is 0 Å². The van der Waals surface area contributed by atoms with E-state index in [-0.39, 0.29) is 5.69 Å². The highest BCUT2D eigenvalue weighted by atomic mass is 32.1. The Hall–Kier alpha value is -0.750. The molecule has 0 amide bonds. The van der Waals surface area contributed by atoms with Crippen LogP contribution in [0.4, 0.5) is 0 Å². The Bertz CT molecular complexity index is 313. The van der Waals surface area contributed by atoms with Crippen molar-refractivity contribution in [3.8, 4) is 0 Å². The van der Waals surface area contributed by atoms with Crippen LogP contribution in [0.25, 0.3) is 0 Å². The van der Waals surface area contributed by atoms with E-state index in [0.717, 1.165) is 0 Å². The molecule has 0 aliphatic heterocycles. The summed E-state index contributed by atoms with van der Waals surface area (Å²) in [5.41, 5.74) is 0.0417. The van der Waals surface area contributed by atoms with E-state index in [1.54, 1.807) is 0 Å². The second-order valence-corrected chi connectivity index (χ2v) is 2.44. The highest BCUT2D eigenvalue weighted by Gasteiger charge is 2.04. The molecule has 1 rings (SSSR count). The van der Waals surface area contributed by atoms with Gasteiger partial charge >= 0.3 is 5.97 Å². The number of aromatic amines is 1. The Morgan fingerprint density at radius 2 is 2.50 bits per heavy atom. The Morgan fingerprint density at radius 1 is 1.90 bits per heavy atom. The lowest BCUT2D eigenvalue weighted by Crippen LogP contribution is -1.96. The van der Waals surface area contributed by atoms with Crippen LogP contribution in [0, 0.1) is 4.64 Å². The number of thiol groups is 1. The Morgan fingerprint density at radius 3 is 2.70 bits per heavy atom. The number of aromatic nitrogens is 2. The SMILES string of the molecule is O=C(O)c1cc(=S)n(S)[nH]1. The molecule has 1 aromatic heterocycles. The Labute approximate surface area is 67.0 Å². The van der Waals surface area contributed by atoms with Crippen LogP contribution in [0.5, 0.6) is 0 Å². The number of carboxylic acid groups (broad SMARTS) is 1. The molecule has 0 aliphatic rings. The van der Waals surface area contributed by atoms with Gasteiger partial charge in [0.25, 0.3) is 0 Å². The maximum atomic E-state index is 10.2. The van der Waals surface area contributed by atoms with Gasteiger partial charge < -0.3 is 5.11 Å². The molecule has 0 saturated carbocycles. The summed E-state index contributed by atoms with van der Waals surface area (Å²) in [5, 5.41) is 10.8. The van der Waals surface area contributed by atoms with Gasteiger partial charge in [0.05, 0.1) is 0 Å². The lowest BCUT2D eigenvalue weighted by Gasteiger charge is -1.85. The topological polar surface area (TPSA) is 58.0 Å². The molecule has 0 bridgehead atoms. The third-order valence-corrected chi connectivity index (χ3v) is 1.68. The van der Waals surface area contributed by atoms with E-state index < -0.39 is 5.97 Å². The van der Waals surface area contributed by atoms with Crippen LogP contribution >= 0.6 is 25.0 Å². The van der Waals surface area contributed by atoms with Gasteiger partial charge in [-0.05, 0) is 12.8 Å². The zero-order valence-electron chi connectivity index (χ0n) is 4.74. The molecule has 1 aromatic rings. The summed E-state index contributed by atoms with van der Waals surface area (Å²) < 4.78 is 1.51. The van der Waals surface area contributed by atoms with E-state index in [9.17, 15) is 4.79 Å². The van der Waals surface area contributed by atoms with Gasteiger partial charge in [-0.3, -0.25) is 5.10 Å². The largest absolute Gasteiger partial charge is 0.477 e. The standard InChI is InChI=1S/C4H4N2O2S2/c7-4(8)2-1-3(9)6(10)5-2/h1,5,10H,(H,7,8). The third-order valence-electron chi connectivity index (χ3n) is 0.933. The lowest BCUT2D eigenvalue weighted by molar-refractivity contribution is 0.0690. The van der Waals surface area contributed by atoms with Crippen LogP contribution in [-0.4, -0.2) is 20.3 Å². The Balaban J connectivity index is 3.23. The number of carboxylic acids is 1. The van der Waals surface area contributed by atoms with Crippen molar-refractivity contribution < 1.29 is 9.90 Å². The molecule has 4 nitrogen and oxygen atoms in total. The average molecular weight is 176 g/mol.